The minimum absolute atomic E-state index is 0.172. The quantitative estimate of drug-likeness (QED) is 0.669. The summed E-state index contributed by atoms with van der Waals surface area (Å²) in [7, 11) is 0. The van der Waals surface area contributed by atoms with E-state index in [1.165, 1.54) is 4.57 Å². The molecule has 4 heteroatoms. The second kappa shape index (κ2) is 4.27. The number of carbonyl (C=O) groups excluding carboxylic acids is 1. The highest BCUT2D eigenvalue weighted by atomic mass is 35.5. The number of aromatic nitrogens is 2. The Kier molecular flexibility index (Phi) is 2.61. The van der Waals surface area contributed by atoms with Crippen LogP contribution in [-0.4, -0.2) is 15.5 Å². The number of benzene rings is 1. The SMILES string of the molecule is O=C(c1ccccc1Cl)n1ccc2cccnc21. The summed E-state index contributed by atoms with van der Waals surface area (Å²) in [5.74, 6) is -0.172. The second-order valence-electron chi connectivity index (χ2n) is 3.89. The smallest absolute Gasteiger partial charge is 0.265 e. The molecule has 0 aliphatic rings. The van der Waals surface area contributed by atoms with Gasteiger partial charge in [0.05, 0.1) is 10.6 Å². The molecule has 0 N–H and O–H groups in total. The Morgan fingerprint density at radius 3 is 2.78 bits per heavy atom. The fourth-order valence-corrected chi connectivity index (χ4v) is 2.11. The first kappa shape index (κ1) is 11.0. The van der Waals surface area contributed by atoms with Crippen molar-refractivity contribution in [2.75, 3.05) is 0 Å². The summed E-state index contributed by atoms with van der Waals surface area (Å²) in [4.78, 5) is 16.6. The normalized spacial score (nSPS) is 10.7. The summed E-state index contributed by atoms with van der Waals surface area (Å²) >= 11 is 6.03. The number of rotatable bonds is 1. The number of nitrogens with zero attached hydrogens (tertiary/aromatic N) is 2. The molecule has 3 nitrogen and oxygen atoms in total. The predicted molar refractivity (Wildman–Crippen MR) is 70.9 cm³/mol. The van der Waals surface area contributed by atoms with Gasteiger partial charge in [-0.25, -0.2) is 4.98 Å². The Morgan fingerprint density at radius 2 is 1.94 bits per heavy atom. The van der Waals surface area contributed by atoms with E-state index in [1.807, 2.05) is 18.2 Å². The number of pyridine rings is 1. The highest BCUT2D eigenvalue weighted by Gasteiger charge is 2.14. The van der Waals surface area contributed by atoms with Gasteiger partial charge in [-0.15, -0.1) is 0 Å². The van der Waals surface area contributed by atoms with Crippen LogP contribution in [0, 0.1) is 0 Å². The highest BCUT2D eigenvalue weighted by molar-refractivity contribution is 6.34. The number of carbonyl (C=O) groups is 1. The Bertz CT molecular complexity index is 733. The lowest BCUT2D eigenvalue weighted by Gasteiger charge is -2.05. The molecule has 0 amide bonds. The van der Waals surface area contributed by atoms with Crippen molar-refractivity contribution < 1.29 is 4.79 Å². The topological polar surface area (TPSA) is 34.9 Å². The fraction of sp³-hybridized carbons (Fsp3) is 0. The standard InChI is InChI=1S/C14H9ClN2O/c15-12-6-2-1-5-11(12)14(18)17-9-7-10-4-3-8-16-13(10)17/h1-9H. The van der Waals surface area contributed by atoms with E-state index in [9.17, 15) is 4.79 Å². The number of hydrogen-bond acceptors (Lipinski definition) is 2. The van der Waals surface area contributed by atoms with Crippen molar-refractivity contribution in [3.8, 4) is 0 Å². The Labute approximate surface area is 109 Å². The lowest BCUT2D eigenvalue weighted by molar-refractivity contribution is 0.0964. The Morgan fingerprint density at radius 1 is 1.11 bits per heavy atom. The molecule has 1 aromatic carbocycles. The summed E-state index contributed by atoms with van der Waals surface area (Å²) in [6, 6.07) is 12.6. The first-order chi connectivity index (χ1) is 8.77. The van der Waals surface area contributed by atoms with Gasteiger partial charge in [0.2, 0.25) is 0 Å². The van der Waals surface area contributed by atoms with Gasteiger partial charge in [0.1, 0.15) is 5.65 Å². The molecule has 0 aliphatic carbocycles. The molecule has 0 fully saturated rings. The molecule has 0 saturated heterocycles. The molecule has 18 heavy (non-hydrogen) atoms. The summed E-state index contributed by atoms with van der Waals surface area (Å²) < 4.78 is 1.51. The largest absolute Gasteiger partial charge is 0.268 e. The maximum atomic E-state index is 12.4. The average Bonchev–Trinajstić information content (AvgIpc) is 2.82. The zero-order valence-corrected chi connectivity index (χ0v) is 10.1. The number of halogens is 1. The highest BCUT2D eigenvalue weighted by Crippen LogP contribution is 2.19. The van der Waals surface area contributed by atoms with Crippen LogP contribution in [0.1, 0.15) is 10.4 Å². The van der Waals surface area contributed by atoms with Crippen LogP contribution in [0.2, 0.25) is 5.02 Å². The van der Waals surface area contributed by atoms with E-state index in [-0.39, 0.29) is 5.91 Å². The third kappa shape index (κ3) is 1.69. The molecule has 0 saturated carbocycles. The van der Waals surface area contributed by atoms with Crippen LogP contribution in [0.5, 0.6) is 0 Å². The van der Waals surface area contributed by atoms with E-state index in [0.717, 1.165) is 5.39 Å². The zero-order chi connectivity index (χ0) is 12.5. The lowest BCUT2D eigenvalue weighted by Crippen LogP contribution is -2.11. The van der Waals surface area contributed by atoms with Crippen molar-refractivity contribution >= 4 is 28.5 Å². The van der Waals surface area contributed by atoms with Gasteiger partial charge in [0.25, 0.3) is 5.91 Å². The molecule has 88 valence electrons. The summed E-state index contributed by atoms with van der Waals surface area (Å²) in [6.45, 7) is 0. The van der Waals surface area contributed by atoms with Crippen LogP contribution in [0.15, 0.2) is 54.9 Å². The number of fused-ring (bicyclic) bond motifs is 1. The van der Waals surface area contributed by atoms with Gasteiger partial charge >= 0.3 is 0 Å². The molecular formula is C14H9ClN2O. The van der Waals surface area contributed by atoms with E-state index in [1.54, 1.807) is 36.7 Å². The maximum absolute atomic E-state index is 12.4. The third-order valence-electron chi connectivity index (χ3n) is 2.77. The summed E-state index contributed by atoms with van der Waals surface area (Å²) in [5, 5.41) is 1.37. The predicted octanol–water partition coefficient (Wildman–Crippen LogP) is 3.38. The van der Waals surface area contributed by atoms with Gasteiger partial charge in [-0.1, -0.05) is 23.7 Å². The molecule has 2 heterocycles. The minimum atomic E-state index is -0.172. The summed E-state index contributed by atoms with van der Waals surface area (Å²) in [6.07, 6.45) is 3.38. The number of hydrogen-bond donors (Lipinski definition) is 0. The fourth-order valence-electron chi connectivity index (χ4n) is 1.89. The molecule has 0 bridgehead atoms. The van der Waals surface area contributed by atoms with E-state index < -0.39 is 0 Å². The van der Waals surface area contributed by atoms with Crippen molar-refractivity contribution in [3.05, 3.63) is 65.4 Å². The molecule has 3 aromatic rings. The molecule has 0 radical (unpaired) electrons. The summed E-state index contributed by atoms with van der Waals surface area (Å²) in [5.41, 5.74) is 1.12. The second-order valence-corrected chi connectivity index (χ2v) is 4.29. The van der Waals surface area contributed by atoms with E-state index in [2.05, 4.69) is 4.98 Å². The average molecular weight is 257 g/mol. The molecule has 2 aromatic heterocycles. The molecule has 3 rings (SSSR count). The first-order valence-electron chi connectivity index (χ1n) is 5.49. The van der Waals surface area contributed by atoms with E-state index >= 15 is 0 Å². The van der Waals surface area contributed by atoms with Gasteiger partial charge in [0.15, 0.2) is 0 Å². The Balaban J connectivity index is 2.16. The molecule has 0 unspecified atom stereocenters. The van der Waals surface area contributed by atoms with Gasteiger partial charge in [0, 0.05) is 17.8 Å². The van der Waals surface area contributed by atoms with Crippen molar-refractivity contribution in [1.82, 2.24) is 9.55 Å². The van der Waals surface area contributed by atoms with Crippen LogP contribution < -0.4 is 0 Å². The molecule has 0 spiro atoms. The van der Waals surface area contributed by atoms with E-state index in [4.69, 9.17) is 11.6 Å². The van der Waals surface area contributed by atoms with Gasteiger partial charge in [-0.2, -0.15) is 0 Å². The third-order valence-corrected chi connectivity index (χ3v) is 3.10. The van der Waals surface area contributed by atoms with Gasteiger partial charge in [-0.3, -0.25) is 9.36 Å². The molecule has 0 atom stereocenters. The van der Waals surface area contributed by atoms with Crippen LogP contribution in [-0.2, 0) is 0 Å². The van der Waals surface area contributed by atoms with Crippen LogP contribution in [0.4, 0.5) is 0 Å². The van der Waals surface area contributed by atoms with Gasteiger partial charge in [-0.05, 0) is 30.3 Å². The van der Waals surface area contributed by atoms with Crippen molar-refractivity contribution in [1.29, 1.82) is 0 Å². The Hall–Kier alpha value is -2.13. The van der Waals surface area contributed by atoms with Crippen molar-refractivity contribution in [3.63, 3.8) is 0 Å². The lowest BCUT2D eigenvalue weighted by atomic mass is 10.2. The molecular weight excluding hydrogens is 248 g/mol. The van der Waals surface area contributed by atoms with Crippen LogP contribution >= 0.6 is 11.6 Å². The molecule has 0 aliphatic heterocycles. The van der Waals surface area contributed by atoms with Crippen LogP contribution in [0.3, 0.4) is 0 Å². The minimum Gasteiger partial charge on any atom is -0.268 e. The maximum Gasteiger partial charge on any atom is 0.265 e. The van der Waals surface area contributed by atoms with E-state index in [0.29, 0.717) is 16.2 Å². The zero-order valence-electron chi connectivity index (χ0n) is 9.38. The van der Waals surface area contributed by atoms with Gasteiger partial charge < -0.3 is 0 Å². The monoisotopic (exact) mass is 256 g/mol. The van der Waals surface area contributed by atoms with Crippen LogP contribution in [0.25, 0.3) is 11.0 Å². The van der Waals surface area contributed by atoms with Crippen molar-refractivity contribution in [2.45, 2.75) is 0 Å². The van der Waals surface area contributed by atoms with Crippen molar-refractivity contribution in [2.24, 2.45) is 0 Å². The first-order valence-corrected chi connectivity index (χ1v) is 5.86.